The van der Waals surface area contributed by atoms with Crippen LogP contribution in [0.5, 0.6) is 0 Å². The number of hydrogen-bond acceptors (Lipinski definition) is 3. The number of nitrogens with zero attached hydrogens (tertiary/aromatic N) is 1. The van der Waals surface area contributed by atoms with Crippen LogP contribution in [0.25, 0.3) is 10.8 Å². The van der Waals surface area contributed by atoms with E-state index >= 15 is 0 Å². The SMILES string of the molecule is C=C/C=C(\C=C/C)C(C(=O)NO)c1ccc(N(C)C)c2ccccc12. The van der Waals surface area contributed by atoms with Gasteiger partial charge in [-0.15, -0.1) is 0 Å². The van der Waals surface area contributed by atoms with Crippen LogP contribution in [0.1, 0.15) is 18.4 Å². The molecule has 0 saturated heterocycles. The summed E-state index contributed by atoms with van der Waals surface area (Å²) in [5.74, 6) is -1.12. The summed E-state index contributed by atoms with van der Waals surface area (Å²) < 4.78 is 0. The number of carbonyl (C=O) groups excluding carboxylic acids is 1. The number of nitrogens with one attached hydrogen (secondary N) is 1. The predicted molar refractivity (Wildman–Crippen MR) is 104 cm³/mol. The number of hydrogen-bond donors (Lipinski definition) is 2. The molecule has 0 saturated carbocycles. The van der Waals surface area contributed by atoms with Crippen LogP contribution in [0.2, 0.25) is 0 Å². The largest absolute Gasteiger partial charge is 0.377 e. The molecule has 1 amide bonds. The molecule has 0 aliphatic heterocycles. The average Bonchev–Trinajstić information content (AvgIpc) is 2.61. The molecule has 0 aliphatic rings. The molecule has 4 nitrogen and oxygen atoms in total. The second-order valence-electron chi connectivity index (χ2n) is 5.93. The lowest BCUT2D eigenvalue weighted by Crippen LogP contribution is -2.27. The third kappa shape index (κ3) is 3.80. The maximum Gasteiger partial charge on any atom is 0.255 e. The van der Waals surface area contributed by atoms with E-state index in [1.54, 1.807) is 17.6 Å². The van der Waals surface area contributed by atoms with Gasteiger partial charge in [-0.2, -0.15) is 0 Å². The lowest BCUT2D eigenvalue weighted by molar-refractivity contribution is -0.129. The number of rotatable bonds is 6. The Morgan fingerprint density at radius 1 is 1.20 bits per heavy atom. The van der Waals surface area contributed by atoms with Crippen molar-refractivity contribution in [2.45, 2.75) is 12.8 Å². The highest BCUT2D eigenvalue weighted by atomic mass is 16.5. The Morgan fingerprint density at radius 2 is 1.88 bits per heavy atom. The fourth-order valence-corrected chi connectivity index (χ4v) is 3.06. The van der Waals surface area contributed by atoms with Gasteiger partial charge in [-0.1, -0.05) is 61.2 Å². The molecule has 0 aliphatic carbocycles. The standard InChI is InChI=1S/C21H24N2O2/c1-5-9-15(10-6-2)20(21(24)22-25)18-13-14-19(23(3)4)17-12-8-7-11-16(17)18/h5-14,20,25H,1H2,2-4H3,(H,22,24)/b10-6-,15-9+. The second kappa shape index (κ2) is 8.31. The van der Waals surface area contributed by atoms with Crippen LogP contribution in [0.15, 0.2) is 72.9 Å². The van der Waals surface area contributed by atoms with Gasteiger partial charge in [0.05, 0.1) is 5.92 Å². The second-order valence-corrected chi connectivity index (χ2v) is 5.93. The van der Waals surface area contributed by atoms with Gasteiger partial charge in [-0.25, -0.2) is 5.48 Å². The third-order valence-corrected chi connectivity index (χ3v) is 4.10. The first-order valence-electron chi connectivity index (χ1n) is 8.13. The molecule has 2 N–H and O–H groups in total. The number of carbonyl (C=O) groups is 1. The van der Waals surface area contributed by atoms with Gasteiger partial charge >= 0.3 is 0 Å². The first-order chi connectivity index (χ1) is 12.0. The number of fused-ring (bicyclic) bond motifs is 1. The topological polar surface area (TPSA) is 52.6 Å². The van der Waals surface area contributed by atoms with Gasteiger partial charge in [-0.05, 0) is 29.5 Å². The summed E-state index contributed by atoms with van der Waals surface area (Å²) in [6.07, 6.45) is 7.15. The highest BCUT2D eigenvalue weighted by Gasteiger charge is 2.25. The maximum absolute atomic E-state index is 12.5. The summed E-state index contributed by atoms with van der Waals surface area (Å²) in [4.78, 5) is 14.5. The van der Waals surface area contributed by atoms with Gasteiger partial charge in [-0.3, -0.25) is 10.0 Å². The van der Waals surface area contributed by atoms with Gasteiger partial charge in [0.1, 0.15) is 0 Å². The van der Waals surface area contributed by atoms with Crippen molar-refractivity contribution in [1.82, 2.24) is 5.48 Å². The zero-order valence-electron chi connectivity index (χ0n) is 14.9. The summed E-state index contributed by atoms with van der Waals surface area (Å²) in [5.41, 5.74) is 4.47. The number of benzene rings is 2. The van der Waals surface area contributed by atoms with E-state index in [1.807, 2.05) is 74.5 Å². The zero-order chi connectivity index (χ0) is 18.4. The van der Waals surface area contributed by atoms with Crippen molar-refractivity contribution in [3.05, 3.63) is 78.4 Å². The molecular formula is C21H24N2O2. The van der Waals surface area contributed by atoms with E-state index in [0.717, 1.165) is 27.6 Å². The van der Waals surface area contributed by atoms with Crippen molar-refractivity contribution in [2.24, 2.45) is 0 Å². The average molecular weight is 336 g/mol. The molecule has 130 valence electrons. The van der Waals surface area contributed by atoms with Crippen LogP contribution < -0.4 is 10.4 Å². The minimum atomic E-state index is -0.639. The van der Waals surface area contributed by atoms with E-state index in [9.17, 15) is 10.0 Å². The summed E-state index contributed by atoms with van der Waals surface area (Å²) >= 11 is 0. The summed E-state index contributed by atoms with van der Waals surface area (Å²) in [6, 6.07) is 11.9. The van der Waals surface area contributed by atoms with Crippen LogP contribution in [0.3, 0.4) is 0 Å². The highest BCUT2D eigenvalue weighted by Crippen LogP contribution is 2.36. The van der Waals surface area contributed by atoms with Crippen LogP contribution in [0, 0.1) is 0 Å². The van der Waals surface area contributed by atoms with Gasteiger partial charge in [0, 0.05) is 25.2 Å². The molecule has 0 fully saturated rings. The normalized spacial score (nSPS) is 13.0. The number of anilines is 1. The smallest absolute Gasteiger partial charge is 0.255 e. The molecule has 1 unspecified atom stereocenters. The number of amides is 1. The van der Waals surface area contributed by atoms with Crippen LogP contribution in [0.4, 0.5) is 5.69 Å². The Balaban J connectivity index is 2.78. The minimum absolute atomic E-state index is 0.478. The molecule has 2 aromatic carbocycles. The molecule has 0 spiro atoms. The Kier molecular flexibility index (Phi) is 6.14. The van der Waals surface area contributed by atoms with E-state index in [0.29, 0.717) is 0 Å². The molecule has 1 atom stereocenters. The van der Waals surface area contributed by atoms with E-state index < -0.39 is 11.8 Å². The molecule has 25 heavy (non-hydrogen) atoms. The molecular weight excluding hydrogens is 312 g/mol. The quantitative estimate of drug-likeness (QED) is 0.473. The minimum Gasteiger partial charge on any atom is -0.377 e. The van der Waals surface area contributed by atoms with Gasteiger partial charge in [0.25, 0.3) is 5.91 Å². The number of allylic oxidation sites excluding steroid dienone is 4. The first kappa shape index (κ1) is 18.5. The molecule has 0 heterocycles. The van der Waals surface area contributed by atoms with Crippen molar-refractivity contribution >= 4 is 22.4 Å². The lowest BCUT2D eigenvalue weighted by Gasteiger charge is -2.22. The van der Waals surface area contributed by atoms with Crippen LogP contribution in [-0.2, 0) is 4.79 Å². The molecule has 0 bridgehead atoms. The summed E-state index contributed by atoms with van der Waals surface area (Å²) in [6.45, 7) is 5.62. The Hall–Kier alpha value is -2.85. The van der Waals surface area contributed by atoms with Gasteiger partial charge < -0.3 is 4.90 Å². The van der Waals surface area contributed by atoms with Gasteiger partial charge in [0.15, 0.2) is 0 Å². The molecule has 0 aromatic heterocycles. The fraction of sp³-hybridized carbons (Fsp3) is 0.190. The molecule has 2 rings (SSSR count). The van der Waals surface area contributed by atoms with E-state index in [1.165, 1.54) is 0 Å². The molecule has 2 aromatic rings. The highest BCUT2D eigenvalue weighted by molar-refractivity contribution is 6.00. The Bertz CT molecular complexity index is 835. The Labute approximate surface area is 148 Å². The monoisotopic (exact) mass is 336 g/mol. The molecule has 0 radical (unpaired) electrons. The van der Waals surface area contributed by atoms with Crippen molar-refractivity contribution in [1.29, 1.82) is 0 Å². The fourth-order valence-electron chi connectivity index (χ4n) is 3.06. The zero-order valence-corrected chi connectivity index (χ0v) is 14.9. The summed E-state index contributed by atoms with van der Waals surface area (Å²) in [7, 11) is 3.98. The number of hydroxylamine groups is 1. The third-order valence-electron chi connectivity index (χ3n) is 4.10. The van der Waals surface area contributed by atoms with Crippen LogP contribution in [-0.4, -0.2) is 25.2 Å². The van der Waals surface area contributed by atoms with Crippen molar-refractivity contribution in [3.8, 4) is 0 Å². The van der Waals surface area contributed by atoms with E-state index in [2.05, 4.69) is 6.58 Å². The van der Waals surface area contributed by atoms with Crippen molar-refractivity contribution in [3.63, 3.8) is 0 Å². The van der Waals surface area contributed by atoms with Crippen molar-refractivity contribution in [2.75, 3.05) is 19.0 Å². The van der Waals surface area contributed by atoms with E-state index in [-0.39, 0.29) is 0 Å². The first-order valence-corrected chi connectivity index (χ1v) is 8.13. The van der Waals surface area contributed by atoms with Crippen LogP contribution >= 0.6 is 0 Å². The molecule has 4 heteroatoms. The lowest BCUT2D eigenvalue weighted by atomic mass is 9.86. The summed E-state index contributed by atoms with van der Waals surface area (Å²) in [5, 5.41) is 11.3. The Morgan fingerprint density at radius 3 is 2.44 bits per heavy atom. The maximum atomic E-state index is 12.5. The van der Waals surface area contributed by atoms with E-state index in [4.69, 9.17) is 0 Å². The predicted octanol–water partition coefficient (Wildman–Crippen LogP) is 4.18. The van der Waals surface area contributed by atoms with Gasteiger partial charge in [0.2, 0.25) is 0 Å². The van der Waals surface area contributed by atoms with Crippen molar-refractivity contribution < 1.29 is 10.0 Å².